The lowest BCUT2D eigenvalue weighted by Crippen LogP contribution is -2.08. The van der Waals surface area contributed by atoms with Gasteiger partial charge in [0.1, 0.15) is 0 Å². The van der Waals surface area contributed by atoms with Gasteiger partial charge in [0.05, 0.1) is 23.4 Å². The molecular formula is C22H17F2N3. The lowest BCUT2D eigenvalue weighted by Gasteiger charge is -2.16. The molecule has 2 aromatic heterocycles. The average Bonchev–Trinajstić information content (AvgIpc) is 3.35. The predicted octanol–water partition coefficient (Wildman–Crippen LogP) is 5.62. The van der Waals surface area contributed by atoms with Crippen molar-refractivity contribution in [3.63, 3.8) is 0 Å². The second-order valence-corrected chi connectivity index (χ2v) is 7.01. The highest BCUT2D eigenvalue weighted by atomic mass is 19.3. The van der Waals surface area contributed by atoms with E-state index in [4.69, 9.17) is 0 Å². The average molecular weight is 361 g/mol. The van der Waals surface area contributed by atoms with Crippen molar-refractivity contribution in [1.29, 1.82) is 0 Å². The summed E-state index contributed by atoms with van der Waals surface area (Å²) in [6, 6.07) is 18.3. The molecule has 27 heavy (non-hydrogen) atoms. The first-order chi connectivity index (χ1) is 13.0. The van der Waals surface area contributed by atoms with E-state index in [2.05, 4.69) is 28.3 Å². The highest BCUT2D eigenvalue weighted by molar-refractivity contribution is 5.88. The number of aromatic nitrogens is 3. The summed E-state index contributed by atoms with van der Waals surface area (Å²) >= 11 is 0. The normalized spacial score (nSPS) is 16.6. The zero-order chi connectivity index (χ0) is 18.6. The van der Waals surface area contributed by atoms with Crippen molar-refractivity contribution in [2.24, 2.45) is 0 Å². The molecule has 1 unspecified atom stereocenters. The fourth-order valence-corrected chi connectivity index (χ4v) is 3.77. The molecule has 1 aliphatic rings. The van der Waals surface area contributed by atoms with E-state index in [1.165, 1.54) is 12.4 Å². The Balaban J connectivity index is 1.66. The number of aromatic amines is 1. The standard InChI is InChI=1S/C22H17F2N3/c1-22(23,24)16-12-25-27(13-16)20-11-14-6-2-4-8-17(14)21(20)19-10-15-7-3-5-9-18(15)26-19/h2-13,21,26H,1H3. The first kappa shape index (κ1) is 16.0. The van der Waals surface area contributed by atoms with Crippen LogP contribution in [-0.2, 0) is 5.92 Å². The molecule has 0 saturated heterocycles. The number of hydrogen-bond donors (Lipinski definition) is 1. The summed E-state index contributed by atoms with van der Waals surface area (Å²) in [5.74, 6) is -3.01. The number of nitrogens with one attached hydrogen (secondary N) is 1. The summed E-state index contributed by atoms with van der Waals surface area (Å²) in [6.45, 7) is 0.890. The van der Waals surface area contributed by atoms with E-state index in [-0.39, 0.29) is 11.5 Å². The van der Waals surface area contributed by atoms with E-state index in [1.807, 2.05) is 42.5 Å². The Morgan fingerprint density at radius 3 is 2.63 bits per heavy atom. The van der Waals surface area contributed by atoms with Crippen molar-refractivity contribution >= 4 is 22.7 Å². The molecule has 0 fully saturated rings. The molecule has 1 N–H and O–H groups in total. The van der Waals surface area contributed by atoms with Crippen LogP contribution in [0.5, 0.6) is 0 Å². The van der Waals surface area contributed by atoms with Gasteiger partial charge in [0, 0.05) is 24.3 Å². The second-order valence-electron chi connectivity index (χ2n) is 7.01. The molecule has 134 valence electrons. The van der Waals surface area contributed by atoms with E-state index in [1.54, 1.807) is 4.68 Å². The van der Waals surface area contributed by atoms with Crippen molar-refractivity contribution in [2.45, 2.75) is 18.8 Å². The Hall–Kier alpha value is -3.21. The van der Waals surface area contributed by atoms with Crippen LogP contribution in [0.3, 0.4) is 0 Å². The molecule has 0 radical (unpaired) electrons. The molecule has 4 aromatic rings. The Bertz CT molecular complexity index is 1140. The number of H-pyrrole nitrogens is 1. The number of allylic oxidation sites excluding steroid dienone is 1. The van der Waals surface area contributed by atoms with Crippen LogP contribution in [0.4, 0.5) is 8.78 Å². The van der Waals surface area contributed by atoms with Crippen LogP contribution in [0, 0.1) is 0 Å². The van der Waals surface area contributed by atoms with Crippen molar-refractivity contribution in [3.8, 4) is 0 Å². The lowest BCUT2D eigenvalue weighted by atomic mass is 9.95. The highest BCUT2D eigenvalue weighted by Gasteiger charge is 2.32. The first-order valence-corrected chi connectivity index (χ1v) is 8.82. The number of hydrogen-bond acceptors (Lipinski definition) is 1. The summed E-state index contributed by atoms with van der Waals surface area (Å²) in [5.41, 5.74) is 5.06. The van der Waals surface area contributed by atoms with E-state index < -0.39 is 5.92 Å². The third kappa shape index (κ3) is 2.58. The summed E-state index contributed by atoms with van der Waals surface area (Å²) in [5, 5.41) is 5.35. The summed E-state index contributed by atoms with van der Waals surface area (Å²) < 4.78 is 29.0. The van der Waals surface area contributed by atoms with E-state index in [0.29, 0.717) is 0 Å². The van der Waals surface area contributed by atoms with Crippen LogP contribution in [0.25, 0.3) is 22.7 Å². The lowest BCUT2D eigenvalue weighted by molar-refractivity contribution is 0.0174. The molecule has 2 aromatic carbocycles. The zero-order valence-corrected chi connectivity index (χ0v) is 14.7. The SMILES string of the molecule is CC(F)(F)c1cnn(C2=Cc3ccccc3C2c2cc3ccccc3[nH]2)c1. The quantitative estimate of drug-likeness (QED) is 0.505. The predicted molar refractivity (Wildman–Crippen MR) is 103 cm³/mol. The third-order valence-corrected chi connectivity index (χ3v) is 5.12. The molecular weight excluding hydrogens is 344 g/mol. The number of benzene rings is 2. The molecule has 0 amide bonds. The Kier molecular flexibility index (Phi) is 3.34. The number of fused-ring (bicyclic) bond motifs is 2. The molecule has 5 heteroatoms. The Morgan fingerprint density at radius 1 is 1.07 bits per heavy atom. The van der Waals surface area contributed by atoms with Gasteiger partial charge < -0.3 is 4.98 Å². The summed E-state index contributed by atoms with van der Waals surface area (Å²) in [7, 11) is 0. The second kappa shape index (κ2) is 5.64. The van der Waals surface area contributed by atoms with Crippen molar-refractivity contribution in [2.75, 3.05) is 0 Å². The van der Waals surface area contributed by atoms with E-state index in [0.717, 1.165) is 40.3 Å². The molecule has 5 rings (SSSR count). The van der Waals surface area contributed by atoms with Gasteiger partial charge in [0.15, 0.2) is 0 Å². The smallest absolute Gasteiger partial charge is 0.273 e. The van der Waals surface area contributed by atoms with Gasteiger partial charge >= 0.3 is 0 Å². The van der Waals surface area contributed by atoms with Gasteiger partial charge in [-0.05, 0) is 34.7 Å². The molecule has 0 saturated carbocycles. The minimum absolute atomic E-state index is 0.0882. The largest absolute Gasteiger partial charge is 0.358 e. The van der Waals surface area contributed by atoms with Crippen LogP contribution >= 0.6 is 0 Å². The van der Waals surface area contributed by atoms with Crippen molar-refractivity contribution in [1.82, 2.24) is 14.8 Å². The summed E-state index contributed by atoms with van der Waals surface area (Å²) in [6.07, 6.45) is 4.69. The number of rotatable bonds is 3. The van der Waals surface area contributed by atoms with Gasteiger partial charge in [-0.3, -0.25) is 0 Å². The molecule has 3 nitrogen and oxygen atoms in total. The maximum absolute atomic E-state index is 13.7. The maximum atomic E-state index is 13.7. The number of nitrogens with zero attached hydrogens (tertiary/aromatic N) is 2. The maximum Gasteiger partial charge on any atom is 0.273 e. The fraction of sp³-hybridized carbons (Fsp3) is 0.136. The van der Waals surface area contributed by atoms with E-state index in [9.17, 15) is 8.78 Å². The molecule has 1 aliphatic carbocycles. The summed E-state index contributed by atoms with van der Waals surface area (Å²) in [4.78, 5) is 3.49. The van der Waals surface area contributed by atoms with Crippen LogP contribution in [0.1, 0.15) is 35.2 Å². The van der Waals surface area contributed by atoms with Crippen molar-refractivity contribution in [3.05, 3.63) is 89.4 Å². The first-order valence-electron chi connectivity index (χ1n) is 8.82. The monoisotopic (exact) mass is 361 g/mol. The minimum atomic E-state index is -2.92. The third-order valence-electron chi connectivity index (χ3n) is 5.12. The zero-order valence-electron chi connectivity index (χ0n) is 14.7. The van der Waals surface area contributed by atoms with Gasteiger partial charge in [-0.15, -0.1) is 0 Å². The molecule has 1 atom stereocenters. The number of halogens is 2. The number of alkyl halides is 2. The van der Waals surface area contributed by atoms with Gasteiger partial charge in [-0.2, -0.15) is 5.10 Å². The van der Waals surface area contributed by atoms with Crippen LogP contribution < -0.4 is 0 Å². The Labute approximate surface area is 155 Å². The van der Waals surface area contributed by atoms with Gasteiger partial charge in [0.25, 0.3) is 5.92 Å². The van der Waals surface area contributed by atoms with Crippen LogP contribution in [0.15, 0.2) is 67.0 Å². The molecule has 0 bridgehead atoms. The molecule has 0 spiro atoms. The topological polar surface area (TPSA) is 33.6 Å². The van der Waals surface area contributed by atoms with Crippen LogP contribution in [-0.4, -0.2) is 14.8 Å². The molecule has 2 heterocycles. The van der Waals surface area contributed by atoms with Crippen molar-refractivity contribution < 1.29 is 8.78 Å². The highest BCUT2D eigenvalue weighted by Crippen LogP contribution is 2.43. The van der Waals surface area contributed by atoms with Gasteiger partial charge in [-0.25, -0.2) is 13.5 Å². The number of para-hydroxylation sites is 1. The fourth-order valence-electron chi connectivity index (χ4n) is 3.77. The molecule has 0 aliphatic heterocycles. The van der Waals surface area contributed by atoms with Gasteiger partial charge in [0.2, 0.25) is 0 Å². The van der Waals surface area contributed by atoms with Crippen LogP contribution in [0.2, 0.25) is 0 Å². The van der Waals surface area contributed by atoms with Gasteiger partial charge in [-0.1, -0.05) is 42.5 Å². The van der Waals surface area contributed by atoms with E-state index >= 15 is 0 Å². The minimum Gasteiger partial charge on any atom is -0.358 e. The Morgan fingerprint density at radius 2 is 1.85 bits per heavy atom.